The van der Waals surface area contributed by atoms with Gasteiger partial charge in [0.15, 0.2) is 0 Å². The lowest BCUT2D eigenvalue weighted by Gasteiger charge is -2.38. The van der Waals surface area contributed by atoms with Gasteiger partial charge in [-0.25, -0.2) is 4.39 Å². The first-order chi connectivity index (χ1) is 7.74. The van der Waals surface area contributed by atoms with Crippen molar-refractivity contribution >= 4 is 0 Å². The van der Waals surface area contributed by atoms with Gasteiger partial charge in [-0.05, 0) is 57.0 Å². The molecule has 1 aliphatic heterocycles. The predicted octanol–water partition coefficient (Wildman–Crippen LogP) is 3.68. The highest BCUT2D eigenvalue weighted by molar-refractivity contribution is 4.92. The maximum Gasteiger partial charge on any atom is 0.115 e. The second kappa shape index (κ2) is 5.48. The Bertz CT molecular complexity index is 209. The zero-order chi connectivity index (χ0) is 11.4. The first-order valence-electron chi connectivity index (χ1n) is 7.14. The minimum Gasteiger partial charge on any atom is -0.317 e. The van der Waals surface area contributed by atoms with Crippen molar-refractivity contribution in [2.24, 2.45) is 11.8 Å². The fourth-order valence-corrected chi connectivity index (χ4v) is 3.59. The Hall–Kier alpha value is -0.110. The number of alkyl halides is 1. The van der Waals surface area contributed by atoms with Crippen molar-refractivity contribution < 1.29 is 4.39 Å². The highest BCUT2D eigenvalue weighted by atomic mass is 19.1. The largest absolute Gasteiger partial charge is 0.317 e. The molecular weight excluding hydrogens is 201 g/mol. The van der Waals surface area contributed by atoms with Gasteiger partial charge in [-0.3, -0.25) is 0 Å². The molecule has 1 heterocycles. The smallest absolute Gasteiger partial charge is 0.115 e. The van der Waals surface area contributed by atoms with Crippen LogP contribution in [0.3, 0.4) is 0 Å². The van der Waals surface area contributed by atoms with E-state index >= 15 is 0 Å². The highest BCUT2D eigenvalue weighted by Gasteiger charge is 2.40. The molecule has 3 atom stereocenters. The molecule has 0 radical (unpaired) electrons. The SMILES string of the molecule is CCC1CCCC(C2(F)CCCNCC2)C1. The van der Waals surface area contributed by atoms with Crippen molar-refractivity contribution in [3.8, 4) is 0 Å². The van der Waals surface area contributed by atoms with Gasteiger partial charge in [0.25, 0.3) is 0 Å². The molecule has 2 heteroatoms. The monoisotopic (exact) mass is 227 g/mol. The minimum absolute atomic E-state index is 0.353. The lowest BCUT2D eigenvalue weighted by molar-refractivity contribution is 0.0287. The van der Waals surface area contributed by atoms with Crippen molar-refractivity contribution in [3.63, 3.8) is 0 Å². The molecule has 16 heavy (non-hydrogen) atoms. The van der Waals surface area contributed by atoms with Gasteiger partial charge in [-0.2, -0.15) is 0 Å². The molecular formula is C14H26FN. The average Bonchev–Trinajstić information content (AvgIpc) is 2.55. The highest BCUT2D eigenvalue weighted by Crippen LogP contribution is 2.43. The summed E-state index contributed by atoms with van der Waals surface area (Å²) in [7, 11) is 0. The van der Waals surface area contributed by atoms with Crippen LogP contribution in [0.1, 0.15) is 58.3 Å². The number of hydrogen-bond acceptors (Lipinski definition) is 1. The van der Waals surface area contributed by atoms with E-state index in [-0.39, 0.29) is 0 Å². The summed E-state index contributed by atoms with van der Waals surface area (Å²) in [4.78, 5) is 0. The van der Waals surface area contributed by atoms with Crippen LogP contribution >= 0.6 is 0 Å². The fourth-order valence-electron chi connectivity index (χ4n) is 3.59. The van der Waals surface area contributed by atoms with Crippen LogP contribution in [0.15, 0.2) is 0 Å². The Morgan fingerprint density at radius 2 is 2.06 bits per heavy atom. The fraction of sp³-hybridized carbons (Fsp3) is 1.00. The van der Waals surface area contributed by atoms with E-state index in [1.54, 1.807) is 0 Å². The lowest BCUT2D eigenvalue weighted by Crippen LogP contribution is -2.37. The molecule has 1 aliphatic carbocycles. The van der Waals surface area contributed by atoms with E-state index in [1.165, 1.54) is 19.3 Å². The summed E-state index contributed by atoms with van der Waals surface area (Å²) >= 11 is 0. The Kier molecular flexibility index (Phi) is 4.23. The van der Waals surface area contributed by atoms with Crippen LogP contribution in [0, 0.1) is 11.8 Å². The van der Waals surface area contributed by atoms with Gasteiger partial charge in [-0.1, -0.05) is 26.2 Å². The minimum atomic E-state index is -0.850. The third-order valence-corrected chi connectivity index (χ3v) is 4.76. The Balaban J connectivity index is 1.97. The Morgan fingerprint density at radius 1 is 1.19 bits per heavy atom. The standard InChI is InChI=1S/C14H26FN/c1-2-12-5-3-6-13(11-12)14(15)7-4-9-16-10-8-14/h12-13,16H,2-11H2,1H3. The van der Waals surface area contributed by atoms with Crippen LogP contribution < -0.4 is 5.32 Å². The van der Waals surface area contributed by atoms with Crippen LogP contribution in [0.25, 0.3) is 0 Å². The second-order valence-electron chi connectivity index (χ2n) is 5.78. The van der Waals surface area contributed by atoms with Crippen LogP contribution in [0.2, 0.25) is 0 Å². The van der Waals surface area contributed by atoms with Gasteiger partial charge >= 0.3 is 0 Å². The quantitative estimate of drug-likeness (QED) is 0.758. The topological polar surface area (TPSA) is 12.0 Å². The van der Waals surface area contributed by atoms with Crippen molar-refractivity contribution in [1.29, 1.82) is 0 Å². The van der Waals surface area contributed by atoms with E-state index < -0.39 is 5.67 Å². The summed E-state index contributed by atoms with van der Waals surface area (Å²) in [6.45, 7) is 4.14. The van der Waals surface area contributed by atoms with Gasteiger partial charge < -0.3 is 5.32 Å². The summed E-state index contributed by atoms with van der Waals surface area (Å²) in [5, 5.41) is 3.33. The van der Waals surface area contributed by atoms with Gasteiger partial charge in [0.05, 0.1) is 0 Å². The number of halogens is 1. The molecule has 0 amide bonds. The lowest BCUT2D eigenvalue weighted by atomic mass is 9.70. The van der Waals surface area contributed by atoms with Crippen LogP contribution in [-0.4, -0.2) is 18.8 Å². The van der Waals surface area contributed by atoms with Gasteiger partial charge in [-0.15, -0.1) is 0 Å². The molecule has 1 N–H and O–H groups in total. The van der Waals surface area contributed by atoms with Crippen molar-refractivity contribution in [3.05, 3.63) is 0 Å². The van der Waals surface area contributed by atoms with Crippen LogP contribution in [-0.2, 0) is 0 Å². The summed E-state index contributed by atoms with van der Waals surface area (Å²) in [6.07, 6.45) is 8.66. The molecule has 2 rings (SSSR count). The van der Waals surface area contributed by atoms with Crippen molar-refractivity contribution in [2.45, 2.75) is 64.0 Å². The van der Waals surface area contributed by atoms with Crippen LogP contribution in [0.5, 0.6) is 0 Å². The second-order valence-corrected chi connectivity index (χ2v) is 5.78. The zero-order valence-corrected chi connectivity index (χ0v) is 10.6. The van der Waals surface area contributed by atoms with Crippen LogP contribution in [0.4, 0.5) is 4.39 Å². The van der Waals surface area contributed by atoms with E-state index in [0.29, 0.717) is 5.92 Å². The van der Waals surface area contributed by atoms with E-state index in [2.05, 4.69) is 12.2 Å². The van der Waals surface area contributed by atoms with Crippen molar-refractivity contribution in [1.82, 2.24) is 5.32 Å². The summed E-state index contributed by atoms with van der Waals surface area (Å²) in [6, 6.07) is 0. The van der Waals surface area contributed by atoms with Gasteiger partial charge in [0.2, 0.25) is 0 Å². The van der Waals surface area contributed by atoms with Crippen molar-refractivity contribution in [2.75, 3.05) is 13.1 Å². The molecule has 1 saturated heterocycles. The number of rotatable bonds is 2. The van der Waals surface area contributed by atoms with E-state index in [0.717, 1.165) is 51.1 Å². The molecule has 94 valence electrons. The molecule has 0 aromatic rings. The predicted molar refractivity (Wildman–Crippen MR) is 66.3 cm³/mol. The zero-order valence-electron chi connectivity index (χ0n) is 10.6. The van der Waals surface area contributed by atoms with Gasteiger partial charge in [0, 0.05) is 0 Å². The van der Waals surface area contributed by atoms with E-state index in [1.807, 2.05) is 0 Å². The maximum absolute atomic E-state index is 15.0. The van der Waals surface area contributed by atoms with E-state index in [9.17, 15) is 4.39 Å². The molecule has 0 aromatic carbocycles. The molecule has 2 aliphatic rings. The molecule has 2 fully saturated rings. The first-order valence-corrected chi connectivity index (χ1v) is 7.14. The normalized spacial score (nSPS) is 41.6. The molecule has 1 saturated carbocycles. The number of nitrogens with one attached hydrogen (secondary N) is 1. The number of hydrogen-bond donors (Lipinski definition) is 1. The molecule has 0 bridgehead atoms. The molecule has 0 aromatic heterocycles. The van der Waals surface area contributed by atoms with Gasteiger partial charge in [0.1, 0.15) is 5.67 Å². The molecule has 1 nitrogen and oxygen atoms in total. The summed E-state index contributed by atoms with van der Waals surface area (Å²) in [5.74, 6) is 1.15. The molecule has 3 unspecified atom stereocenters. The third-order valence-electron chi connectivity index (χ3n) is 4.76. The Morgan fingerprint density at radius 3 is 2.88 bits per heavy atom. The van der Waals surface area contributed by atoms with E-state index in [4.69, 9.17) is 0 Å². The first kappa shape index (κ1) is 12.3. The summed E-state index contributed by atoms with van der Waals surface area (Å²) < 4.78 is 15.0. The average molecular weight is 227 g/mol. The maximum atomic E-state index is 15.0. The summed E-state index contributed by atoms with van der Waals surface area (Å²) in [5.41, 5.74) is -0.850. The Labute approximate surface area is 99.2 Å². The molecule has 0 spiro atoms. The third kappa shape index (κ3) is 2.77.